The number of hydrogen-bond donors (Lipinski definition) is 1. The highest BCUT2D eigenvalue weighted by Crippen LogP contribution is 2.49. The van der Waals surface area contributed by atoms with Gasteiger partial charge >= 0.3 is 0 Å². The minimum atomic E-state index is -2.49. The Labute approximate surface area is 72.3 Å². The van der Waals surface area contributed by atoms with Gasteiger partial charge in [0.05, 0.1) is 0 Å². The molecule has 0 amide bonds. The molecule has 1 rings (SSSR count). The molecule has 72 valence electrons. The number of hydrogen-bond acceptors (Lipinski definition) is 1. The molecule has 0 radical (unpaired) electrons. The molecule has 1 fully saturated rings. The SMILES string of the molecule is CCC(CC)C1(N)CC(F)(F)C1. The van der Waals surface area contributed by atoms with Crippen LogP contribution in [0.1, 0.15) is 39.5 Å². The number of halogens is 2. The topological polar surface area (TPSA) is 26.0 Å². The second-order valence-corrected chi connectivity index (χ2v) is 3.96. The molecular weight excluding hydrogens is 160 g/mol. The molecule has 0 aromatic carbocycles. The molecule has 12 heavy (non-hydrogen) atoms. The van der Waals surface area contributed by atoms with Gasteiger partial charge in [0.15, 0.2) is 0 Å². The van der Waals surface area contributed by atoms with Crippen molar-refractivity contribution in [3.8, 4) is 0 Å². The predicted octanol–water partition coefficient (Wildman–Crippen LogP) is 2.55. The average Bonchev–Trinajstić information content (AvgIpc) is 1.85. The molecule has 1 nitrogen and oxygen atoms in total. The minimum Gasteiger partial charge on any atom is -0.324 e. The van der Waals surface area contributed by atoms with Crippen LogP contribution in [0.25, 0.3) is 0 Å². The maximum atomic E-state index is 12.6. The van der Waals surface area contributed by atoms with Crippen LogP contribution in [0.5, 0.6) is 0 Å². The van der Waals surface area contributed by atoms with Gasteiger partial charge < -0.3 is 5.73 Å². The molecule has 0 heterocycles. The third-order valence-corrected chi connectivity index (χ3v) is 2.97. The highest BCUT2D eigenvalue weighted by atomic mass is 19.3. The van der Waals surface area contributed by atoms with E-state index in [1.165, 1.54) is 0 Å². The second kappa shape index (κ2) is 2.95. The van der Waals surface area contributed by atoms with Crippen LogP contribution >= 0.6 is 0 Å². The fraction of sp³-hybridized carbons (Fsp3) is 1.00. The zero-order valence-electron chi connectivity index (χ0n) is 7.74. The quantitative estimate of drug-likeness (QED) is 0.704. The Morgan fingerprint density at radius 2 is 1.67 bits per heavy atom. The molecule has 0 unspecified atom stereocenters. The monoisotopic (exact) mass is 177 g/mol. The van der Waals surface area contributed by atoms with Crippen molar-refractivity contribution >= 4 is 0 Å². The highest BCUT2D eigenvalue weighted by molar-refractivity contribution is 5.06. The lowest BCUT2D eigenvalue weighted by Crippen LogP contribution is -2.62. The lowest BCUT2D eigenvalue weighted by atomic mass is 9.65. The van der Waals surface area contributed by atoms with Crippen molar-refractivity contribution < 1.29 is 8.78 Å². The standard InChI is InChI=1S/C9H17F2N/c1-3-7(4-2)8(12)5-9(10,11)6-8/h7H,3-6,12H2,1-2H3. The molecule has 0 saturated heterocycles. The summed E-state index contributed by atoms with van der Waals surface area (Å²) in [4.78, 5) is 0. The zero-order chi connectivity index (χ0) is 9.41. The van der Waals surface area contributed by atoms with Crippen molar-refractivity contribution in [3.05, 3.63) is 0 Å². The third kappa shape index (κ3) is 1.60. The summed E-state index contributed by atoms with van der Waals surface area (Å²) in [6, 6.07) is 0. The zero-order valence-corrected chi connectivity index (χ0v) is 7.74. The first kappa shape index (κ1) is 9.90. The molecule has 0 atom stereocenters. The first-order chi connectivity index (χ1) is 5.43. The molecule has 0 aliphatic heterocycles. The molecule has 1 aliphatic carbocycles. The number of rotatable bonds is 3. The first-order valence-corrected chi connectivity index (χ1v) is 4.60. The van der Waals surface area contributed by atoms with Gasteiger partial charge in [-0.3, -0.25) is 0 Å². The van der Waals surface area contributed by atoms with E-state index in [1.54, 1.807) is 0 Å². The molecule has 1 aliphatic rings. The van der Waals surface area contributed by atoms with Crippen LogP contribution in [0.4, 0.5) is 8.78 Å². The van der Waals surface area contributed by atoms with Crippen molar-refractivity contribution in [3.63, 3.8) is 0 Å². The Kier molecular flexibility index (Phi) is 2.43. The summed E-state index contributed by atoms with van der Waals surface area (Å²) < 4.78 is 25.2. The van der Waals surface area contributed by atoms with Crippen LogP contribution in [0, 0.1) is 5.92 Å². The molecule has 3 heteroatoms. The van der Waals surface area contributed by atoms with Crippen molar-refractivity contribution in [1.82, 2.24) is 0 Å². The summed E-state index contributed by atoms with van der Waals surface area (Å²) >= 11 is 0. The largest absolute Gasteiger partial charge is 0.324 e. The summed E-state index contributed by atoms with van der Waals surface area (Å²) in [6.45, 7) is 4.03. The molecule has 0 spiro atoms. The van der Waals surface area contributed by atoms with E-state index in [9.17, 15) is 8.78 Å². The van der Waals surface area contributed by atoms with Gasteiger partial charge in [-0.1, -0.05) is 26.7 Å². The van der Waals surface area contributed by atoms with E-state index in [-0.39, 0.29) is 18.8 Å². The molecule has 2 N–H and O–H groups in total. The van der Waals surface area contributed by atoms with Gasteiger partial charge in [0.2, 0.25) is 0 Å². The van der Waals surface area contributed by atoms with Crippen molar-refractivity contribution in [2.24, 2.45) is 11.7 Å². The minimum absolute atomic E-state index is 0.119. The average molecular weight is 177 g/mol. The summed E-state index contributed by atoms with van der Waals surface area (Å²) in [5, 5.41) is 0. The maximum Gasteiger partial charge on any atom is 0.251 e. The van der Waals surface area contributed by atoms with Gasteiger partial charge in [-0.15, -0.1) is 0 Å². The fourth-order valence-corrected chi connectivity index (χ4v) is 2.30. The van der Waals surface area contributed by atoms with Crippen LogP contribution in [0.15, 0.2) is 0 Å². The Hall–Kier alpha value is -0.180. The van der Waals surface area contributed by atoms with E-state index in [4.69, 9.17) is 5.73 Å². The van der Waals surface area contributed by atoms with Gasteiger partial charge in [0, 0.05) is 18.4 Å². The van der Waals surface area contributed by atoms with Crippen LogP contribution in [0.3, 0.4) is 0 Å². The lowest BCUT2D eigenvalue weighted by Gasteiger charge is -2.49. The van der Waals surface area contributed by atoms with Crippen molar-refractivity contribution in [1.29, 1.82) is 0 Å². The normalized spacial score (nSPS) is 25.5. The summed E-state index contributed by atoms with van der Waals surface area (Å²) in [7, 11) is 0. The van der Waals surface area contributed by atoms with Gasteiger partial charge in [-0.2, -0.15) is 0 Å². The van der Waals surface area contributed by atoms with E-state index < -0.39 is 11.5 Å². The van der Waals surface area contributed by atoms with Crippen LogP contribution in [-0.4, -0.2) is 11.5 Å². The Morgan fingerprint density at radius 1 is 1.25 bits per heavy atom. The van der Waals surface area contributed by atoms with Crippen LogP contribution < -0.4 is 5.73 Å². The molecule has 0 aromatic rings. The van der Waals surface area contributed by atoms with E-state index >= 15 is 0 Å². The van der Waals surface area contributed by atoms with Gasteiger partial charge in [0.25, 0.3) is 5.92 Å². The van der Waals surface area contributed by atoms with Gasteiger partial charge in [0.1, 0.15) is 0 Å². The number of alkyl halides is 2. The molecule has 1 saturated carbocycles. The number of nitrogens with two attached hydrogens (primary N) is 1. The summed E-state index contributed by atoms with van der Waals surface area (Å²) in [6.07, 6.45) is 1.57. The Balaban J connectivity index is 2.53. The van der Waals surface area contributed by atoms with Crippen LogP contribution in [-0.2, 0) is 0 Å². The molecular formula is C9H17F2N. The summed E-state index contributed by atoms with van der Waals surface area (Å²) in [5.74, 6) is -2.23. The first-order valence-electron chi connectivity index (χ1n) is 4.60. The second-order valence-electron chi connectivity index (χ2n) is 3.96. The fourth-order valence-electron chi connectivity index (χ4n) is 2.30. The van der Waals surface area contributed by atoms with E-state index in [0.717, 1.165) is 12.8 Å². The third-order valence-electron chi connectivity index (χ3n) is 2.97. The smallest absolute Gasteiger partial charge is 0.251 e. The van der Waals surface area contributed by atoms with Crippen molar-refractivity contribution in [2.75, 3.05) is 0 Å². The summed E-state index contributed by atoms with van der Waals surface area (Å²) in [5.41, 5.74) is 5.29. The Bertz CT molecular complexity index is 156. The highest BCUT2D eigenvalue weighted by Gasteiger charge is 2.56. The Morgan fingerprint density at radius 3 is 1.92 bits per heavy atom. The van der Waals surface area contributed by atoms with E-state index in [0.29, 0.717) is 0 Å². The lowest BCUT2D eigenvalue weighted by molar-refractivity contribution is -0.140. The molecule has 0 bridgehead atoms. The van der Waals surface area contributed by atoms with Gasteiger partial charge in [-0.05, 0) is 5.92 Å². The van der Waals surface area contributed by atoms with E-state index in [1.807, 2.05) is 13.8 Å². The maximum absolute atomic E-state index is 12.6. The predicted molar refractivity (Wildman–Crippen MR) is 45.2 cm³/mol. The molecule has 0 aromatic heterocycles. The van der Waals surface area contributed by atoms with Crippen molar-refractivity contribution in [2.45, 2.75) is 51.0 Å². The van der Waals surface area contributed by atoms with Gasteiger partial charge in [-0.25, -0.2) is 8.78 Å². The van der Waals surface area contributed by atoms with E-state index in [2.05, 4.69) is 0 Å². The van der Waals surface area contributed by atoms with Crippen LogP contribution in [0.2, 0.25) is 0 Å².